The van der Waals surface area contributed by atoms with Gasteiger partial charge in [0.15, 0.2) is 0 Å². The largest absolute Gasteiger partial charge is 0.378 e. The van der Waals surface area contributed by atoms with Crippen LogP contribution in [0.5, 0.6) is 0 Å². The molecule has 1 nitrogen and oxygen atoms in total. The van der Waals surface area contributed by atoms with Crippen molar-refractivity contribution in [2.45, 2.75) is 65.4 Å². The molecule has 1 aliphatic heterocycles. The zero-order valence-corrected chi connectivity index (χ0v) is 16.0. The molecule has 0 spiro atoms. The first-order chi connectivity index (χ1) is 11.5. The fourth-order valence-corrected chi connectivity index (χ4v) is 7.25. The van der Waals surface area contributed by atoms with Crippen LogP contribution >= 0.6 is 0 Å². The highest BCUT2D eigenvalue weighted by atomic mass is 16.5. The number of ether oxygens (including phenoxy) is 1. The van der Waals surface area contributed by atoms with E-state index < -0.39 is 0 Å². The summed E-state index contributed by atoms with van der Waals surface area (Å²) in [7, 11) is 0. The van der Waals surface area contributed by atoms with Gasteiger partial charge in [-0.1, -0.05) is 57.9 Å². The van der Waals surface area contributed by atoms with Gasteiger partial charge >= 0.3 is 0 Å². The molecule has 0 aromatic heterocycles. The third-order valence-corrected chi connectivity index (χ3v) is 8.49. The highest BCUT2D eigenvalue weighted by molar-refractivity contribution is 5.27. The number of hydrogen-bond acceptors (Lipinski definition) is 1. The SMILES string of the molecule is C=C1C(C)C(C2C(C)CC3OCCC3C2C)C(=C)C2CCCCC12. The lowest BCUT2D eigenvalue weighted by molar-refractivity contribution is -0.0292. The van der Waals surface area contributed by atoms with Crippen molar-refractivity contribution in [3.8, 4) is 0 Å². The van der Waals surface area contributed by atoms with Crippen LogP contribution in [0.4, 0.5) is 0 Å². The minimum absolute atomic E-state index is 0.532. The van der Waals surface area contributed by atoms with Crippen LogP contribution in [0.2, 0.25) is 0 Å². The van der Waals surface area contributed by atoms with Crippen molar-refractivity contribution < 1.29 is 4.74 Å². The molecule has 1 heteroatoms. The molecular weight excluding hydrogens is 292 g/mol. The van der Waals surface area contributed by atoms with Crippen molar-refractivity contribution in [2.75, 3.05) is 6.61 Å². The predicted molar refractivity (Wildman–Crippen MR) is 101 cm³/mol. The molecule has 4 fully saturated rings. The number of fused-ring (bicyclic) bond motifs is 2. The molecular formula is C23H36O. The molecule has 4 aliphatic rings. The van der Waals surface area contributed by atoms with Gasteiger partial charge < -0.3 is 4.74 Å². The summed E-state index contributed by atoms with van der Waals surface area (Å²) in [5, 5.41) is 0. The Morgan fingerprint density at radius 1 is 0.917 bits per heavy atom. The van der Waals surface area contributed by atoms with E-state index in [1.54, 1.807) is 11.1 Å². The van der Waals surface area contributed by atoms with Crippen LogP contribution in [-0.2, 0) is 4.74 Å². The van der Waals surface area contributed by atoms with E-state index in [1.165, 1.54) is 38.5 Å². The van der Waals surface area contributed by atoms with Crippen molar-refractivity contribution >= 4 is 0 Å². The molecule has 9 atom stereocenters. The summed E-state index contributed by atoms with van der Waals surface area (Å²) in [6.45, 7) is 17.8. The normalized spacial score (nSPS) is 52.0. The van der Waals surface area contributed by atoms with E-state index in [0.29, 0.717) is 17.9 Å². The fourth-order valence-electron chi connectivity index (χ4n) is 7.25. The first-order valence-corrected chi connectivity index (χ1v) is 10.5. The van der Waals surface area contributed by atoms with E-state index in [1.807, 2.05) is 0 Å². The van der Waals surface area contributed by atoms with Crippen LogP contribution in [0.1, 0.15) is 59.3 Å². The zero-order valence-electron chi connectivity index (χ0n) is 16.0. The Morgan fingerprint density at radius 2 is 1.58 bits per heavy atom. The van der Waals surface area contributed by atoms with Crippen molar-refractivity contribution in [3.63, 3.8) is 0 Å². The van der Waals surface area contributed by atoms with Gasteiger partial charge in [-0.25, -0.2) is 0 Å². The van der Waals surface area contributed by atoms with Crippen molar-refractivity contribution in [3.05, 3.63) is 24.3 Å². The lowest BCUT2D eigenvalue weighted by Gasteiger charge is -2.54. The molecule has 134 valence electrons. The summed E-state index contributed by atoms with van der Waals surface area (Å²) in [6.07, 6.45) is 8.56. The molecule has 24 heavy (non-hydrogen) atoms. The van der Waals surface area contributed by atoms with Crippen LogP contribution in [0.15, 0.2) is 24.3 Å². The van der Waals surface area contributed by atoms with E-state index in [4.69, 9.17) is 11.3 Å². The fraction of sp³-hybridized carbons (Fsp3) is 0.826. The summed E-state index contributed by atoms with van der Waals surface area (Å²) >= 11 is 0. The number of hydrogen-bond donors (Lipinski definition) is 0. The lowest BCUT2D eigenvalue weighted by Crippen LogP contribution is -2.48. The maximum Gasteiger partial charge on any atom is 0.0609 e. The average molecular weight is 329 g/mol. The monoisotopic (exact) mass is 328 g/mol. The molecule has 3 aliphatic carbocycles. The Bertz CT molecular complexity index is 520. The second kappa shape index (κ2) is 6.31. The van der Waals surface area contributed by atoms with Crippen molar-refractivity contribution in [2.24, 2.45) is 47.3 Å². The minimum Gasteiger partial charge on any atom is -0.378 e. The molecule has 0 amide bonds. The predicted octanol–water partition coefficient (Wildman–Crippen LogP) is 5.87. The van der Waals surface area contributed by atoms with Gasteiger partial charge in [0.05, 0.1) is 6.10 Å². The highest BCUT2D eigenvalue weighted by Crippen LogP contribution is 2.57. The molecule has 9 unspecified atom stereocenters. The molecule has 1 heterocycles. The van der Waals surface area contributed by atoms with Gasteiger partial charge in [0.25, 0.3) is 0 Å². The second-order valence-corrected chi connectivity index (χ2v) is 9.47. The maximum absolute atomic E-state index is 6.05. The first kappa shape index (κ1) is 16.9. The van der Waals surface area contributed by atoms with Gasteiger partial charge in [0, 0.05) is 6.61 Å². The number of allylic oxidation sites excluding steroid dienone is 2. The molecule has 3 saturated carbocycles. The quantitative estimate of drug-likeness (QED) is 0.547. The zero-order chi connectivity index (χ0) is 17.0. The van der Waals surface area contributed by atoms with E-state index in [-0.39, 0.29) is 0 Å². The van der Waals surface area contributed by atoms with Gasteiger partial charge in [-0.05, 0) is 73.0 Å². The van der Waals surface area contributed by atoms with Crippen LogP contribution in [0.25, 0.3) is 0 Å². The van der Waals surface area contributed by atoms with Crippen LogP contribution in [-0.4, -0.2) is 12.7 Å². The Balaban J connectivity index is 1.64. The molecule has 0 N–H and O–H groups in total. The highest BCUT2D eigenvalue weighted by Gasteiger charge is 2.51. The molecule has 4 rings (SSSR count). The van der Waals surface area contributed by atoms with Gasteiger partial charge in [0.1, 0.15) is 0 Å². The molecule has 1 saturated heterocycles. The molecule has 0 aromatic rings. The van der Waals surface area contributed by atoms with E-state index in [2.05, 4.69) is 27.4 Å². The van der Waals surface area contributed by atoms with Gasteiger partial charge in [-0.3, -0.25) is 0 Å². The van der Waals surface area contributed by atoms with E-state index >= 15 is 0 Å². The third kappa shape index (κ3) is 2.45. The van der Waals surface area contributed by atoms with Crippen molar-refractivity contribution in [1.82, 2.24) is 0 Å². The Morgan fingerprint density at radius 3 is 2.29 bits per heavy atom. The summed E-state index contributed by atoms with van der Waals surface area (Å²) in [5.74, 6) is 5.79. The Kier molecular flexibility index (Phi) is 4.44. The Labute approximate surface area is 148 Å². The maximum atomic E-state index is 6.05. The Hall–Kier alpha value is -0.560. The summed E-state index contributed by atoms with van der Waals surface area (Å²) in [4.78, 5) is 0. The number of rotatable bonds is 1. The van der Waals surface area contributed by atoms with Crippen LogP contribution in [0.3, 0.4) is 0 Å². The van der Waals surface area contributed by atoms with Crippen molar-refractivity contribution in [1.29, 1.82) is 0 Å². The van der Waals surface area contributed by atoms with Gasteiger partial charge in [-0.2, -0.15) is 0 Å². The van der Waals surface area contributed by atoms with Gasteiger partial charge in [-0.15, -0.1) is 0 Å². The van der Waals surface area contributed by atoms with Crippen LogP contribution in [0, 0.1) is 47.3 Å². The van der Waals surface area contributed by atoms with Gasteiger partial charge in [0.2, 0.25) is 0 Å². The second-order valence-electron chi connectivity index (χ2n) is 9.47. The molecule has 0 aromatic carbocycles. The topological polar surface area (TPSA) is 9.23 Å². The molecule has 0 bridgehead atoms. The van der Waals surface area contributed by atoms with Crippen LogP contribution < -0.4 is 0 Å². The molecule has 0 radical (unpaired) electrons. The van der Waals surface area contributed by atoms with E-state index in [9.17, 15) is 0 Å². The third-order valence-electron chi connectivity index (χ3n) is 8.49. The van der Waals surface area contributed by atoms with E-state index in [0.717, 1.165) is 42.1 Å². The smallest absolute Gasteiger partial charge is 0.0609 e. The minimum atomic E-state index is 0.532. The average Bonchev–Trinajstić information content (AvgIpc) is 3.04. The standard InChI is InChI=1S/C23H36O/c1-13-12-21-20(10-11-24-21)17(5)22(13)23-15(3)14(2)18-8-6-7-9-19(18)16(23)4/h13,15,17-23H,2,4,6-12H2,1,3,5H3. The lowest BCUT2D eigenvalue weighted by atomic mass is 9.51. The first-order valence-electron chi connectivity index (χ1n) is 10.5. The summed E-state index contributed by atoms with van der Waals surface area (Å²) in [6, 6.07) is 0. The summed E-state index contributed by atoms with van der Waals surface area (Å²) < 4.78 is 6.05. The summed E-state index contributed by atoms with van der Waals surface area (Å²) in [5.41, 5.74) is 3.15.